The first-order valence-corrected chi connectivity index (χ1v) is 7.03. The second kappa shape index (κ2) is 6.39. The molecule has 2 rings (SSSR count). The van der Waals surface area contributed by atoms with Crippen molar-refractivity contribution in [1.82, 2.24) is 4.98 Å². The Kier molecular flexibility index (Phi) is 4.58. The third kappa shape index (κ3) is 3.60. The topological polar surface area (TPSA) is 45.2 Å². The predicted molar refractivity (Wildman–Crippen MR) is 87.0 cm³/mol. The summed E-state index contributed by atoms with van der Waals surface area (Å²) >= 11 is 0. The van der Waals surface area contributed by atoms with Crippen LogP contribution in [0.4, 0.5) is 11.5 Å². The molecule has 0 saturated carbocycles. The van der Waals surface area contributed by atoms with Gasteiger partial charge >= 0.3 is 0 Å². The summed E-state index contributed by atoms with van der Waals surface area (Å²) < 4.78 is 0. The molecule has 1 N–H and O–H groups in total. The second-order valence-electron chi connectivity index (χ2n) is 5.47. The number of hydrogen-bond acceptors (Lipinski definition) is 3. The summed E-state index contributed by atoms with van der Waals surface area (Å²) in [5.74, 6) is 0.925. The van der Waals surface area contributed by atoms with Gasteiger partial charge in [0.2, 0.25) is 0 Å². The molecule has 4 nitrogen and oxygen atoms in total. The molecule has 0 aliphatic rings. The van der Waals surface area contributed by atoms with Crippen molar-refractivity contribution in [3.05, 3.63) is 53.7 Å². The second-order valence-corrected chi connectivity index (χ2v) is 5.47. The van der Waals surface area contributed by atoms with Crippen molar-refractivity contribution in [3.63, 3.8) is 0 Å². The lowest BCUT2D eigenvalue weighted by Crippen LogP contribution is -2.17. The van der Waals surface area contributed by atoms with E-state index >= 15 is 0 Å². The smallest absolute Gasteiger partial charge is 0.274 e. The van der Waals surface area contributed by atoms with E-state index in [1.165, 1.54) is 0 Å². The van der Waals surface area contributed by atoms with Gasteiger partial charge in [-0.25, -0.2) is 4.98 Å². The lowest BCUT2D eigenvalue weighted by atomic mass is 10.0. The Bertz CT molecular complexity index is 635. The zero-order valence-electron chi connectivity index (χ0n) is 12.9. The summed E-state index contributed by atoms with van der Waals surface area (Å²) in [4.78, 5) is 18.6. The number of aromatic nitrogens is 1. The molecule has 0 spiro atoms. The van der Waals surface area contributed by atoms with Crippen LogP contribution < -0.4 is 10.2 Å². The van der Waals surface area contributed by atoms with Crippen molar-refractivity contribution < 1.29 is 4.79 Å². The SMILES string of the molecule is CC(C)c1ccccc1NC(=O)c1cccc(N(C)C)n1. The molecule has 1 amide bonds. The van der Waals surface area contributed by atoms with E-state index in [0.717, 1.165) is 17.1 Å². The zero-order valence-corrected chi connectivity index (χ0v) is 12.9. The van der Waals surface area contributed by atoms with E-state index in [1.54, 1.807) is 6.07 Å². The van der Waals surface area contributed by atoms with Gasteiger partial charge in [-0.15, -0.1) is 0 Å². The largest absolute Gasteiger partial charge is 0.363 e. The molecular weight excluding hydrogens is 262 g/mol. The van der Waals surface area contributed by atoms with Crippen LogP contribution in [0.1, 0.15) is 35.8 Å². The van der Waals surface area contributed by atoms with Gasteiger partial charge < -0.3 is 10.2 Å². The van der Waals surface area contributed by atoms with Crippen LogP contribution in [0.25, 0.3) is 0 Å². The predicted octanol–water partition coefficient (Wildman–Crippen LogP) is 3.52. The van der Waals surface area contributed by atoms with Gasteiger partial charge in [-0.05, 0) is 29.7 Å². The maximum atomic E-state index is 12.4. The van der Waals surface area contributed by atoms with E-state index in [-0.39, 0.29) is 5.91 Å². The highest BCUT2D eigenvalue weighted by molar-refractivity contribution is 6.03. The summed E-state index contributed by atoms with van der Waals surface area (Å²) in [7, 11) is 3.80. The molecule has 21 heavy (non-hydrogen) atoms. The van der Waals surface area contributed by atoms with Crippen LogP contribution in [0.5, 0.6) is 0 Å². The first-order valence-electron chi connectivity index (χ1n) is 7.03. The van der Waals surface area contributed by atoms with Crippen molar-refractivity contribution in [3.8, 4) is 0 Å². The van der Waals surface area contributed by atoms with Gasteiger partial charge in [0.15, 0.2) is 0 Å². The fraction of sp³-hybridized carbons (Fsp3) is 0.294. The van der Waals surface area contributed by atoms with Gasteiger partial charge in [0, 0.05) is 19.8 Å². The molecule has 1 heterocycles. The molecule has 4 heteroatoms. The molecule has 0 bridgehead atoms. The van der Waals surface area contributed by atoms with Crippen LogP contribution in [0.2, 0.25) is 0 Å². The average Bonchev–Trinajstić information content (AvgIpc) is 2.47. The molecule has 0 aliphatic heterocycles. The number of hydrogen-bond donors (Lipinski definition) is 1. The minimum atomic E-state index is -0.188. The Morgan fingerprint density at radius 3 is 2.48 bits per heavy atom. The fourth-order valence-electron chi connectivity index (χ4n) is 2.10. The minimum Gasteiger partial charge on any atom is -0.363 e. The highest BCUT2D eigenvalue weighted by atomic mass is 16.1. The first kappa shape index (κ1) is 15.0. The maximum Gasteiger partial charge on any atom is 0.274 e. The van der Waals surface area contributed by atoms with Crippen molar-refractivity contribution in [2.75, 3.05) is 24.3 Å². The van der Waals surface area contributed by atoms with Crippen molar-refractivity contribution in [2.24, 2.45) is 0 Å². The van der Waals surface area contributed by atoms with Gasteiger partial charge in [-0.1, -0.05) is 38.1 Å². The molecule has 1 aromatic carbocycles. The summed E-state index contributed by atoms with van der Waals surface area (Å²) in [5, 5.41) is 2.95. The standard InChI is InChI=1S/C17H21N3O/c1-12(2)13-8-5-6-9-14(13)19-17(21)15-10-7-11-16(18-15)20(3)4/h5-12H,1-4H3,(H,19,21). The molecule has 0 radical (unpaired) electrons. The van der Waals surface area contributed by atoms with Gasteiger partial charge in [-0.3, -0.25) is 4.79 Å². The van der Waals surface area contributed by atoms with E-state index < -0.39 is 0 Å². The maximum absolute atomic E-state index is 12.4. The molecule has 0 atom stereocenters. The number of rotatable bonds is 4. The Morgan fingerprint density at radius 2 is 1.81 bits per heavy atom. The van der Waals surface area contributed by atoms with E-state index in [2.05, 4.69) is 24.1 Å². The van der Waals surface area contributed by atoms with E-state index in [4.69, 9.17) is 0 Å². The van der Waals surface area contributed by atoms with Crippen LogP contribution in [0.3, 0.4) is 0 Å². The normalized spacial score (nSPS) is 10.5. The van der Waals surface area contributed by atoms with Crippen LogP contribution in [-0.2, 0) is 0 Å². The lowest BCUT2D eigenvalue weighted by molar-refractivity contribution is 0.102. The fourth-order valence-corrected chi connectivity index (χ4v) is 2.10. The average molecular weight is 283 g/mol. The van der Waals surface area contributed by atoms with Gasteiger partial charge in [0.25, 0.3) is 5.91 Å². The van der Waals surface area contributed by atoms with E-state index in [9.17, 15) is 4.79 Å². The number of amides is 1. The number of anilines is 2. The zero-order chi connectivity index (χ0) is 15.4. The number of para-hydroxylation sites is 1. The van der Waals surface area contributed by atoms with E-state index in [0.29, 0.717) is 11.6 Å². The van der Waals surface area contributed by atoms with Crippen molar-refractivity contribution >= 4 is 17.4 Å². The summed E-state index contributed by atoms with van der Waals surface area (Å²) in [5.41, 5.74) is 2.38. The van der Waals surface area contributed by atoms with Crippen molar-refractivity contribution in [1.29, 1.82) is 0 Å². The monoisotopic (exact) mass is 283 g/mol. The Hall–Kier alpha value is -2.36. The number of benzene rings is 1. The number of nitrogens with zero attached hydrogens (tertiary/aromatic N) is 2. The molecule has 110 valence electrons. The Morgan fingerprint density at radius 1 is 1.10 bits per heavy atom. The molecule has 0 saturated heterocycles. The minimum absolute atomic E-state index is 0.188. The highest BCUT2D eigenvalue weighted by Gasteiger charge is 2.12. The summed E-state index contributed by atoms with van der Waals surface area (Å²) in [6, 6.07) is 13.3. The van der Waals surface area contributed by atoms with Gasteiger partial charge in [0.1, 0.15) is 11.5 Å². The number of pyridine rings is 1. The quantitative estimate of drug-likeness (QED) is 0.933. The summed E-state index contributed by atoms with van der Waals surface area (Å²) in [6.07, 6.45) is 0. The molecule has 1 aromatic heterocycles. The summed E-state index contributed by atoms with van der Waals surface area (Å²) in [6.45, 7) is 4.21. The van der Waals surface area contributed by atoms with Crippen LogP contribution >= 0.6 is 0 Å². The highest BCUT2D eigenvalue weighted by Crippen LogP contribution is 2.24. The third-order valence-corrected chi connectivity index (χ3v) is 3.26. The molecule has 0 unspecified atom stereocenters. The molecular formula is C17H21N3O. The Balaban J connectivity index is 2.24. The Labute approximate surface area is 125 Å². The molecule has 0 aliphatic carbocycles. The van der Waals surface area contributed by atoms with Crippen LogP contribution in [0, 0.1) is 0 Å². The number of nitrogens with one attached hydrogen (secondary N) is 1. The third-order valence-electron chi connectivity index (χ3n) is 3.26. The molecule has 2 aromatic rings. The van der Waals surface area contributed by atoms with Crippen molar-refractivity contribution in [2.45, 2.75) is 19.8 Å². The van der Waals surface area contributed by atoms with Gasteiger partial charge in [-0.2, -0.15) is 0 Å². The first-order chi connectivity index (χ1) is 9.99. The number of carbonyl (C=O) groups is 1. The van der Waals surface area contributed by atoms with Crippen LogP contribution in [0.15, 0.2) is 42.5 Å². The number of carbonyl (C=O) groups excluding carboxylic acids is 1. The van der Waals surface area contributed by atoms with Crippen LogP contribution in [-0.4, -0.2) is 25.0 Å². The van der Waals surface area contributed by atoms with E-state index in [1.807, 2.05) is 55.4 Å². The lowest BCUT2D eigenvalue weighted by Gasteiger charge is -2.15. The molecule has 0 fully saturated rings. The van der Waals surface area contributed by atoms with Gasteiger partial charge in [0.05, 0.1) is 0 Å².